The lowest BCUT2D eigenvalue weighted by atomic mass is 10.1. The molecule has 1 atom stereocenters. The van der Waals surface area contributed by atoms with E-state index in [2.05, 4.69) is 11.3 Å². The average Bonchev–Trinajstić information content (AvgIpc) is 2.64. The minimum absolute atomic E-state index is 0.0191. The highest BCUT2D eigenvalue weighted by molar-refractivity contribution is 7.89. The highest BCUT2D eigenvalue weighted by Crippen LogP contribution is 2.19. The molecule has 1 fully saturated rings. The summed E-state index contributed by atoms with van der Waals surface area (Å²) in [6.07, 6.45) is 1.04. The Morgan fingerprint density at radius 2 is 2.00 bits per heavy atom. The third-order valence-corrected chi connectivity index (χ3v) is 5.77. The third-order valence-electron chi connectivity index (χ3n) is 4.35. The quantitative estimate of drug-likeness (QED) is 0.733. The van der Waals surface area contributed by atoms with Crippen molar-refractivity contribution in [3.8, 4) is 0 Å². The van der Waals surface area contributed by atoms with Gasteiger partial charge in [0.05, 0.1) is 4.90 Å². The van der Waals surface area contributed by atoms with Gasteiger partial charge < -0.3 is 14.5 Å². The molecule has 0 aliphatic carbocycles. The first kappa shape index (κ1) is 22.9. The molecule has 0 unspecified atom stereocenters. The Labute approximate surface area is 172 Å². The molecule has 1 N–H and O–H groups in total. The Hall–Kier alpha value is -2.39. The zero-order chi connectivity index (χ0) is 21.8. The van der Waals surface area contributed by atoms with Gasteiger partial charge in [-0.15, -0.1) is 6.58 Å². The van der Waals surface area contributed by atoms with Gasteiger partial charge >= 0.3 is 6.09 Å². The van der Waals surface area contributed by atoms with Crippen LogP contribution in [0.4, 0.5) is 4.79 Å². The molecule has 29 heavy (non-hydrogen) atoms. The van der Waals surface area contributed by atoms with Gasteiger partial charge in [-0.2, -0.15) is 0 Å². The molecule has 1 heterocycles. The minimum atomic E-state index is -3.72. The fraction of sp³-hybridized carbons (Fsp3) is 0.500. The van der Waals surface area contributed by atoms with Crippen LogP contribution in [0.25, 0.3) is 0 Å². The van der Waals surface area contributed by atoms with E-state index in [9.17, 15) is 18.0 Å². The van der Waals surface area contributed by atoms with Gasteiger partial charge in [-0.3, -0.25) is 4.79 Å². The molecular formula is C20H29N3O5S. The second-order valence-electron chi connectivity index (χ2n) is 7.94. The summed E-state index contributed by atoms with van der Waals surface area (Å²) in [6, 6.07) is 5.70. The molecule has 1 saturated heterocycles. The summed E-state index contributed by atoms with van der Waals surface area (Å²) in [4.78, 5) is 28.5. The van der Waals surface area contributed by atoms with Gasteiger partial charge in [0.25, 0.3) is 5.91 Å². The molecule has 1 aromatic rings. The zero-order valence-corrected chi connectivity index (χ0v) is 18.2. The number of nitrogens with one attached hydrogen (secondary N) is 1. The predicted molar refractivity (Wildman–Crippen MR) is 110 cm³/mol. The van der Waals surface area contributed by atoms with E-state index in [1.165, 1.54) is 24.3 Å². The molecule has 0 spiro atoms. The normalized spacial score (nSPS) is 17.7. The van der Waals surface area contributed by atoms with E-state index >= 15 is 0 Å². The maximum absolute atomic E-state index is 12.9. The number of hydrogen-bond acceptors (Lipinski definition) is 5. The predicted octanol–water partition coefficient (Wildman–Crippen LogP) is 2.23. The van der Waals surface area contributed by atoms with Crippen LogP contribution in [-0.4, -0.2) is 68.0 Å². The summed E-state index contributed by atoms with van der Waals surface area (Å²) in [5, 5.41) is 0. The highest BCUT2D eigenvalue weighted by Gasteiger charge is 2.33. The SMILES string of the molecule is C=CCNS(=O)(=O)c1cccc(C(=O)N2CCN(C(=O)OC(C)(C)C)[C@@H](C)C2)c1. The molecule has 1 aromatic carbocycles. The second-order valence-corrected chi connectivity index (χ2v) is 9.71. The number of rotatable bonds is 5. The van der Waals surface area contributed by atoms with Crippen molar-refractivity contribution < 1.29 is 22.7 Å². The molecule has 2 amide bonds. The van der Waals surface area contributed by atoms with Crippen molar-refractivity contribution in [1.82, 2.24) is 14.5 Å². The zero-order valence-electron chi connectivity index (χ0n) is 17.3. The molecule has 9 heteroatoms. The summed E-state index contributed by atoms with van der Waals surface area (Å²) in [6.45, 7) is 11.9. The molecule has 0 bridgehead atoms. The van der Waals surface area contributed by atoms with Crippen LogP contribution < -0.4 is 4.72 Å². The van der Waals surface area contributed by atoms with E-state index in [1.54, 1.807) is 36.6 Å². The molecule has 0 aromatic heterocycles. The first-order chi connectivity index (χ1) is 13.4. The maximum atomic E-state index is 12.9. The number of sulfonamides is 1. The van der Waals surface area contributed by atoms with Gasteiger partial charge in [-0.1, -0.05) is 12.1 Å². The van der Waals surface area contributed by atoms with E-state index in [4.69, 9.17) is 4.74 Å². The van der Waals surface area contributed by atoms with Gasteiger partial charge in [0.15, 0.2) is 0 Å². The number of piperazine rings is 1. The van der Waals surface area contributed by atoms with E-state index in [1.807, 2.05) is 6.92 Å². The summed E-state index contributed by atoms with van der Waals surface area (Å²) < 4.78 is 32.4. The number of ether oxygens (including phenoxy) is 1. The van der Waals surface area contributed by atoms with Crippen molar-refractivity contribution in [2.45, 2.75) is 44.2 Å². The van der Waals surface area contributed by atoms with Crippen molar-refractivity contribution in [2.75, 3.05) is 26.2 Å². The summed E-state index contributed by atoms with van der Waals surface area (Å²) in [5.74, 6) is -0.276. The molecule has 0 radical (unpaired) electrons. The lowest BCUT2D eigenvalue weighted by Crippen LogP contribution is -2.56. The van der Waals surface area contributed by atoms with Crippen LogP contribution in [-0.2, 0) is 14.8 Å². The minimum Gasteiger partial charge on any atom is -0.444 e. The number of carbonyl (C=O) groups excluding carboxylic acids is 2. The smallest absolute Gasteiger partial charge is 0.410 e. The summed E-state index contributed by atoms with van der Waals surface area (Å²) in [7, 11) is -3.72. The maximum Gasteiger partial charge on any atom is 0.410 e. The van der Waals surface area contributed by atoms with Crippen LogP contribution in [0.1, 0.15) is 38.1 Å². The molecule has 8 nitrogen and oxygen atoms in total. The van der Waals surface area contributed by atoms with Gasteiger partial charge in [0.1, 0.15) is 5.60 Å². The topological polar surface area (TPSA) is 96.0 Å². The van der Waals surface area contributed by atoms with Crippen molar-refractivity contribution in [3.05, 3.63) is 42.5 Å². The Bertz CT molecular complexity index is 876. The number of carbonyl (C=O) groups is 2. The third kappa shape index (κ3) is 6.04. The highest BCUT2D eigenvalue weighted by atomic mass is 32.2. The largest absolute Gasteiger partial charge is 0.444 e. The Morgan fingerprint density at radius 3 is 2.59 bits per heavy atom. The van der Waals surface area contributed by atoms with Crippen LogP contribution in [0.2, 0.25) is 0 Å². The molecule has 2 rings (SSSR count). The lowest BCUT2D eigenvalue weighted by molar-refractivity contribution is 0.00198. The number of nitrogens with zero attached hydrogens (tertiary/aromatic N) is 2. The molecule has 1 aliphatic rings. The number of amides is 2. The standard InChI is InChI=1S/C20H29N3O5S/c1-6-10-21-29(26,27)17-9-7-8-16(13-17)18(24)22-11-12-23(15(2)14-22)19(25)28-20(3,4)5/h6-9,13,15,21H,1,10-12,14H2,2-5H3/t15-/m0/s1. The van der Waals surface area contributed by atoms with Crippen LogP contribution in [0.15, 0.2) is 41.8 Å². The van der Waals surface area contributed by atoms with Crippen LogP contribution >= 0.6 is 0 Å². The van der Waals surface area contributed by atoms with Crippen LogP contribution in [0.3, 0.4) is 0 Å². The summed E-state index contributed by atoms with van der Waals surface area (Å²) >= 11 is 0. The molecule has 0 saturated carbocycles. The van der Waals surface area contributed by atoms with Crippen LogP contribution in [0.5, 0.6) is 0 Å². The number of benzene rings is 1. The average molecular weight is 424 g/mol. The van der Waals surface area contributed by atoms with E-state index in [0.717, 1.165) is 0 Å². The van der Waals surface area contributed by atoms with Crippen LogP contribution in [0, 0.1) is 0 Å². The van der Waals surface area contributed by atoms with Crippen molar-refractivity contribution in [3.63, 3.8) is 0 Å². The van der Waals surface area contributed by atoms with Gasteiger partial charge in [-0.05, 0) is 45.9 Å². The second kappa shape index (κ2) is 8.96. The fourth-order valence-corrected chi connectivity index (χ4v) is 4.01. The monoisotopic (exact) mass is 423 g/mol. The molecule has 1 aliphatic heterocycles. The molecule has 160 valence electrons. The molecular weight excluding hydrogens is 394 g/mol. The van der Waals surface area contributed by atoms with E-state index < -0.39 is 21.7 Å². The first-order valence-electron chi connectivity index (χ1n) is 9.44. The van der Waals surface area contributed by atoms with Crippen molar-refractivity contribution in [2.24, 2.45) is 0 Å². The first-order valence-corrected chi connectivity index (χ1v) is 10.9. The number of hydrogen-bond donors (Lipinski definition) is 1. The lowest BCUT2D eigenvalue weighted by Gasteiger charge is -2.40. The Morgan fingerprint density at radius 1 is 1.31 bits per heavy atom. The van der Waals surface area contributed by atoms with E-state index in [-0.39, 0.29) is 29.0 Å². The van der Waals surface area contributed by atoms with E-state index in [0.29, 0.717) is 19.6 Å². The van der Waals surface area contributed by atoms with Crippen molar-refractivity contribution in [1.29, 1.82) is 0 Å². The Balaban J connectivity index is 2.10. The summed E-state index contributed by atoms with van der Waals surface area (Å²) in [5.41, 5.74) is -0.306. The Kier molecular flexibility index (Phi) is 7.07. The van der Waals surface area contributed by atoms with Gasteiger partial charge in [-0.25, -0.2) is 17.9 Å². The van der Waals surface area contributed by atoms with Gasteiger partial charge in [0.2, 0.25) is 10.0 Å². The fourth-order valence-electron chi connectivity index (χ4n) is 2.96. The van der Waals surface area contributed by atoms with Gasteiger partial charge in [0, 0.05) is 37.8 Å². The van der Waals surface area contributed by atoms with Crippen molar-refractivity contribution >= 4 is 22.0 Å².